The fourth-order valence-electron chi connectivity index (χ4n) is 2.25. The lowest BCUT2D eigenvalue weighted by Gasteiger charge is -2.37. The van der Waals surface area contributed by atoms with Gasteiger partial charge in [-0.3, -0.25) is 0 Å². The maximum absolute atomic E-state index is 5.60. The lowest BCUT2D eigenvalue weighted by Crippen LogP contribution is -2.40. The van der Waals surface area contributed by atoms with Gasteiger partial charge in [0.25, 0.3) is 0 Å². The van der Waals surface area contributed by atoms with Crippen molar-refractivity contribution in [2.75, 3.05) is 40.0 Å². The van der Waals surface area contributed by atoms with Gasteiger partial charge in [-0.1, -0.05) is 6.92 Å². The van der Waals surface area contributed by atoms with Crippen molar-refractivity contribution in [3.8, 4) is 0 Å². The first-order chi connectivity index (χ1) is 7.33. The van der Waals surface area contributed by atoms with Gasteiger partial charge >= 0.3 is 0 Å². The fraction of sp³-hybridized carbons (Fsp3) is 1.00. The summed E-state index contributed by atoms with van der Waals surface area (Å²) in [6.45, 7) is 6.77. The molecular weight excluding hydrogens is 190 g/mol. The number of nitrogens with one attached hydrogen (secondary N) is 1. The largest absolute Gasteiger partial charge is 0.381 e. The molecule has 1 aliphatic heterocycles. The van der Waals surface area contributed by atoms with E-state index in [1.165, 1.54) is 12.8 Å². The second-order valence-corrected chi connectivity index (χ2v) is 4.55. The number of ether oxygens (including phenoxy) is 2. The maximum atomic E-state index is 5.60. The molecule has 1 N–H and O–H groups in total. The Morgan fingerprint density at radius 2 is 2.27 bits per heavy atom. The van der Waals surface area contributed by atoms with Crippen LogP contribution in [0.2, 0.25) is 0 Å². The second kappa shape index (κ2) is 7.20. The molecule has 1 fully saturated rings. The predicted octanol–water partition coefficient (Wildman–Crippen LogP) is 1.82. The number of hydrogen-bond acceptors (Lipinski definition) is 3. The number of rotatable bonds is 7. The number of hydrogen-bond donors (Lipinski definition) is 1. The molecule has 0 aromatic rings. The van der Waals surface area contributed by atoms with Gasteiger partial charge in [0.15, 0.2) is 0 Å². The van der Waals surface area contributed by atoms with Gasteiger partial charge < -0.3 is 14.8 Å². The van der Waals surface area contributed by atoms with Crippen LogP contribution in [0.5, 0.6) is 0 Å². The smallest absolute Gasteiger partial charge is 0.0535 e. The topological polar surface area (TPSA) is 30.5 Å². The van der Waals surface area contributed by atoms with E-state index >= 15 is 0 Å². The predicted molar refractivity (Wildman–Crippen MR) is 62.1 cm³/mol. The zero-order valence-electron chi connectivity index (χ0n) is 10.2. The minimum Gasteiger partial charge on any atom is -0.381 e. The molecule has 0 spiro atoms. The highest BCUT2D eigenvalue weighted by Crippen LogP contribution is 2.31. The molecule has 0 aromatic heterocycles. The molecule has 3 nitrogen and oxygen atoms in total. The molecule has 1 rings (SSSR count). The zero-order chi connectivity index (χ0) is 11.0. The molecule has 0 saturated carbocycles. The van der Waals surface area contributed by atoms with E-state index in [4.69, 9.17) is 9.47 Å². The highest BCUT2D eigenvalue weighted by atomic mass is 16.5. The highest BCUT2D eigenvalue weighted by Gasteiger charge is 2.31. The Balaban J connectivity index is 2.28. The van der Waals surface area contributed by atoms with Crippen LogP contribution >= 0.6 is 0 Å². The van der Waals surface area contributed by atoms with Crippen molar-refractivity contribution >= 4 is 0 Å². The summed E-state index contributed by atoms with van der Waals surface area (Å²) in [5.74, 6) is 0. The molecule has 0 aliphatic carbocycles. The van der Waals surface area contributed by atoms with E-state index in [2.05, 4.69) is 12.2 Å². The summed E-state index contributed by atoms with van der Waals surface area (Å²) in [5, 5.41) is 3.28. The average molecular weight is 215 g/mol. The molecule has 1 atom stereocenters. The van der Waals surface area contributed by atoms with Gasteiger partial charge in [-0.15, -0.1) is 0 Å². The van der Waals surface area contributed by atoms with Crippen LogP contribution in [0.3, 0.4) is 0 Å². The maximum Gasteiger partial charge on any atom is 0.0535 e. The van der Waals surface area contributed by atoms with E-state index in [9.17, 15) is 0 Å². The van der Waals surface area contributed by atoms with Crippen molar-refractivity contribution < 1.29 is 9.47 Å². The van der Waals surface area contributed by atoms with Crippen LogP contribution in [0.15, 0.2) is 0 Å². The summed E-state index contributed by atoms with van der Waals surface area (Å²) in [5.41, 5.74) is 0.320. The Morgan fingerprint density at radius 1 is 1.40 bits per heavy atom. The summed E-state index contributed by atoms with van der Waals surface area (Å²) in [4.78, 5) is 0. The van der Waals surface area contributed by atoms with Crippen LogP contribution in [0, 0.1) is 5.41 Å². The fourth-order valence-corrected chi connectivity index (χ4v) is 2.25. The van der Waals surface area contributed by atoms with Crippen molar-refractivity contribution in [3.05, 3.63) is 0 Å². The third-order valence-corrected chi connectivity index (χ3v) is 3.08. The summed E-state index contributed by atoms with van der Waals surface area (Å²) >= 11 is 0. The van der Waals surface area contributed by atoms with Crippen molar-refractivity contribution in [1.29, 1.82) is 0 Å². The molecule has 3 heteroatoms. The van der Waals surface area contributed by atoms with Crippen molar-refractivity contribution in [1.82, 2.24) is 5.32 Å². The second-order valence-electron chi connectivity index (χ2n) is 4.55. The Hall–Kier alpha value is -0.120. The molecule has 1 aliphatic rings. The highest BCUT2D eigenvalue weighted by molar-refractivity contribution is 4.83. The van der Waals surface area contributed by atoms with Crippen molar-refractivity contribution in [2.24, 2.45) is 5.41 Å². The van der Waals surface area contributed by atoms with E-state index < -0.39 is 0 Å². The third kappa shape index (κ3) is 4.49. The SMILES string of the molecule is CCCOCCC1(CNC)CCCOC1. The van der Waals surface area contributed by atoms with Gasteiger partial charge in [-0.25, -0.2) is 0 Å². The first-order valence-corrected chi connectivity index (χ1v) is 6.13. The van der Waals surface area contributed by atoms with Gasteiger partial charge in [-0.2, -0.15) is 0 Å². The molecule has 90 valence electrons. The molecule has 15 heavy (non-hydrogen) atoms. The summed E-state index contributed by atoms with van der Waals surface area (Å²) in [6.07, 6.45) is 4.68. The standard InChI is InChI=1S/C12H25NO2/c1-3-7-14-9-6-12(10-13-2)5-4-8-15-11-12/h13H,3-11H2,1-2H3. The van der Waals surface area contributed by atoms with E-state index in [0.29, 0.717) is 5.41 Å². The van der Waals surface area contributed by atoms with E-state index in [1.807, 2.05) is 7.05 Å². The molecule has 1 heterocycles. The molecule has 0 aromatic carbocycles. The quantitative estimate of drug-likeness (QED) is 0.657. The molecular formula is C12H25NO2. The van der Waals surface area contributed by atoms with Gasteiger partial charge in [0.05, 0.1) is 6.61 Å². The van der Waals surface area contributed by atoms with Gasteiger partial charge in [0.1, 0.15) is 0 Å². The van der Waals surface area contributed by atoms with Gasteiger partial charge in [0.2, 0.25) is 0 Å². The summed E-state index contributed by atoms with van der Waals surface area (Å²) < 4.78 is 11.2. The normalized spacial score (nSPS) is 26.8. The van der Waals surface area contributed by atoms with Crippen LogP contribution in [0.1, 0.15) is 32.6 Å². The first kappa shape index (κ1) is 12.9. The minimum absolute atomic E-state index is 0.320. The Kier molecular flexibility index (Phi) is 6.22. The van der Waals surface area contributed by atoms with Crippen LogP contribution in [0.4, 0.5) is 0 Å². The molecule has 1 unspecified atom stereocenters. The first-order valence-electron chi connectivity index (χ1n) is 6.13. The van der Waals surface area contributed by atoms with Crippen LogP contribution in [-0.2, 0) is 9.47 Å². The lowest BCUT2D eigenvalue weighted by molar-refractivity contribution is -0.0262. The van der Waals surface area contributed by atoms with Crippen LogP contribution in [0.25, 0.3) is 0 Å². The molecule has 0 amide bonds. The summed E-state index contributed by atoms with van der Waals surface area (Å²) in [7, 11) is 2.02. The molecule has 1 saturated heterocycles. The van der Waals surface area contributed by atoms with Gasteiger partial charge in [0, 0.05) is 31.8 Å². The lowest BCUT2D eigenvalue weighted by atomic mass is 9.79. The Morgan fingerprint density at radius 3 is 2.87 bits per heavy atom. The van der Waals surface area contributed by atoms with Crippen molar-refractivity contribution in [2.45, 2.75) is 32.6 Å². The van der Waals surface area contributed by atoms with E-state index in [0.717, 1.165) is 45.8 Å². The summed E-state index contributed by atoms with van der Waals surface area (Å²) in [6, 6.07) is 0. The average Bonchev–Trinajstić information content (AvgIpc) is 2.26. The molecule has 0 bridgehead atoms. The van der Waals surface area contributed by atoms with Crippen LogP contribution in [-0.4, -0.2) is 40.0 Å². The minimum atomic E-state index is 0.320. The van der Waals surface area contributed by atoms with E-state index in [-0.39, 0.29) is 0 Å². The van der Waals surface area contributed by atoms with E-state index in [1.54, 1.807) is 0 Å². The monoisotopic (exact) mass is 215 g/mol. The van der Waals surface area contributed by atoms with Crippen molar-refractivity contribution in [3.63, 3.8) is 0 Å². The Bertz CT molecular complexity index is 150. The van der Waals surface area contributed by atoms with Crippen LogP contribution < -0.4 is 5.32 Å². The third-order valence-electron chi connectivity index (χ3n) is 3.08. The van der Waals surface area contributed by atoms with Gasteiger partial charge in [-0.05, 0) is 32.7 Å². The zero-order valence-corrected chi connectivity index (χ0v) is 10.2. The molecule has 0 radical (unpaired) electrons. The Labute approximate surface area is 93.5 Å².